The van der Waals surface area contributed by atoms with Gasteiger partial charge in [-0.25, -0.2) is 0 Å². The summed E-state index contributed by atoms with van der Waals surface area (Å²) in [6, 6.07) is 1.25. The number of nitrogens with one attached hydrogen (secondary N) is 1. The minimum absolute atomic E-state index is 0.0355. The molecule has 18 heavy (non-hydrogen) atoms. The zero-order valence-corrected chi connectivity index (χ0v) is 10.1. The van der Waals surface area contributed by atoms with Gasteiger partial charge in [0.1, 0.15) is 6.17 Å². The molecule has 1 fully saturated rings. The highest BCUT2D eigenvalue weighted by Gasteiger charge is 2.37. The number of rotatable bonds is 0. The second-order valence-corrected chi connectivity index (χ2v) is 5.02. The molecule has 0 aliphatic carbocycles. The van der Waals surface area contributed by atoms with Crippen LogP contribution < -0.4 is 10.9 Å². The summed E-state index contributed by atoms with van der Waals surface area (Å²) in [5.41, 5.74) is 2.66. The highest BCUT2D eigenvalue weighted by atomic mass is 16.3. The monoisotopic (exact) mass is 249 g/mol. The molecule has 6 heteroatoms. The topological polar surface area (TPSA) is 74.6 Å². The van der Waals surface area contributed by atoms with E-state index in [9.17, 15) is 14.7 Å². The van der Waals surface area contributed by atoms with Crippen LogP contribution in [0.2, 0.25) is 0 Å². The zero-order valence-electron chi connectivity index (χ0n) is 10.1. The fraction of sp³-hybridized carbons (Fsp3) is 0.500. The van der Waals surface area contributed by atoms with Crippen molar-refractivity contribution in [3.8, 4) is 5.75 Å². The van der Waals surface area contributed by atoms with Crippen LogP contribution in [0.15, 0.2) is 17.1 Å². The second-order valence-electron chi connectivity index (χ2n) is 5.02. The molecule has 0 spiro atoms. The maximum Gasteiger partial charge on any atom is 0.278 e. The number of pyridine rings is 1. The predicted octanol–water partition coefficient (Wildman–Crippen LogP) is 0.309. The Hall–Kier alpha value is -1.98. The Balaban J connectivity index is 2.08. The van der Waals surface area contributed by atoms with E-state index in [2.05, 4.69) is 12.3 Å². The maximum atomic E-state index is 12.3. The average molecular weight is 249 g/mol. The van der Waals surface area contributed by atoms with Gasteiger partial charge in [0, 0.05) is 18.8 Å². The third-order valence-corrected chi connectivity index (χ3v) is 3.69. The first-order valence-electron chi connectivity index (χ1n) is 6.10. The molecule has 2 N–H and O–H groups in total. The summed E-state index contributed by atoms with van der Waals surface area (Å²) in [6.07, 6.45) is 3.25. The van der Waals surface area contributed by atoms with Crippen LogP contribution in [0, 0.1) is 5.92 Å². The lowest BCUT2D eigenvalue weighted by Gasteiger charge is -2.43. The number of aromatic nitrogens is 1. The molecule has 0 saturated carbocycles. The van der Waals surface area contributed by atoms with Gasteiger partial charge in [-0.05, 0) is 18.8 Å². The van der Waals surface area contributed by atoms with Gasteiger partial charge in [-0.3, -0.25) is 14.3 Å². The highest BCUT2D eigenvalue weighted by molar-refractivity contribution is 5.96. The first-order chi connectivity index (χ1) is 8.58. The third-order valence-electron chi connectivity index (χ3n) is 3.69. The normalized spacial score (nSPS) is 26.3. The minimum Gasteiger partial charge on any atom is -0.502 e. The number of hydrogen-bond donors (Lipinski definition) is 2. The summed E-state index contributed by atoms with van der Waals surface area (Å²) in [5.74, 6) is -0.200. The Labute approximate surface area is 104 Å². The summed E-state index contributed by atoms with van der Waals surface area (Å²) in [4.78, 5) is 25.4. The van der Waals surface area contributed by atoms with Gasteiger partial charge in [-0.2, -0.15) is 0 Å². The summed E-state index contributed by atoms with van der Waals surface area (Å²) in [5, 5.41) is 9.74. The Morgan fingerprint density at radius 2 is 2.22 bits per heavy atom. The second kappa shape index (κ2) is 3.76. The standard InChI is InChI=1S/C12H15N3O3/c1-7-2-4-14-9(6-7)13-15-5-3-8(16)11(17)10(15)12(14)18/h3,5,7,9,13,17H,2,4,6H2,1H3/t7-,9+/m1/s1. The van der Waals surface area contributed by atoms with Gasteiger partial charge in [0.25, 0.3) is 5.91 Å². The third kappa shape index (κ3) is 1.48. The molecular formula is C12H15N3O3. The van der Waals surface area contributed by atoms with Crippen molar-refractivity contribution in [1.29, 1.82) is 0 Å². The van der Waals surface area contributed by atoms with E-state index in [0.29, 0.717) is 12.5 Å². The lowest BCUT2D eigenvalue weighted by molar-refractivity contribution is 0.0517. The molecule has 0 bridgehead atoms. The molecule has 0 radical (unpaired) electrons. The van der Waals surface area contributed by atoms with Crippen LogP contribution in [0.5, 0.6) is 5.75 Å². The summed E-state index contributed by atoms with van der Waals surface area (Å²) in [7, 11) is 0. The lowest BCUT2D eigenvalue weighted by Crippen LogP contribution is -2.57. The Morgan fingerprint density at radius 3 is 3.00 bits per heavy atom. The van der Waals surface area contributed by atoms with Crippen LogP contribution in [0.1, 0.15) is 30.3 Å². The van der Waals surface area contributed by atoms with Crippen molar-refractivity contribution in [1.82, 2.24) is 9.58 Å². The molecule has 0 unspecified atom stereocenters. The quantitative estimate of drug-likeness (QED) is 0.694. The molecule has 3 rings (SSSR count). The summed E-state index contributed by atoms with van der Waals surface area (Å²) in [6.45, 7) is 2.81. The van der Waals surface area contributed by atoms with Crippen LogP contribution in [-0.4, -0.2) is 33.3 Å². The van der Waals surface area contributed by atoms with Crippen LogP contribution in [-0.2, 0) is 0 Å². The van der Waals surface area contributed by atoms with Crippen molar-refractivity contribution in [2.45, 2.75) is 25.9 Å². The number of carbonyl (C=O) groups excluding carboxylic acids is 1. The molecule has 1 saturated heterocycles. The first-order valence-corrected chi connectivity index (χ1v) is 6.10. The summed E-state index contributed by atoms with van der Waals surface area (Å²) >= 11 is 0. The van der Waals surface area contributed by atoms with Gasteiger partial charge in [0.15, 0.2) is 11.4 Å². The van der Waals surface area contributed by atoms with E-state index in [1.807, 2.05) is 0 Å². The van der Waals surface area contributed by atoms with E-state index in [-0.39, 0.29) is 17.8 Å². The lowest BCUT2D eigenvalue weighted by atomic mass is 9.95. The Kier molecular flexibility index (Phi) is 2.33. The smallest absolute Gasteiger partial charge is 0.278 e. The molecule has 3 heterocycles. The SMILES string of the molecule is C[C@@H]1CCN2C(=O)c3c(O)c(=O)ccn3N[C@@H]2C1. The van der Waals surface area contributed by atoms with E-state index in [4.69, 9.17) is 0 Å². The van der Waals surface area contributed by atoms with Gasteiger partial charge in [0.2, 0.25) is 5.43 Å². The molecule has 2 aliphatic heterocycles. The largest absolute Gasteiger partial charge is 0.502 e. The Morgan fingerprint density at radius 1 is 1.44 bits per heavy atom. The number of amides is 1. The van der Waals surface area contributed by atoms with Gasteiger partial charge in [0.05, 0.1) is 0 Å². The number of carbonyl (C=O) groups is 1. The first kappa shape index (κ1) is 11.1. The molecule has 6 nitrogen and oxygen atoms in total. The van der Waals surface area contributed by atoms with Gasteiger partial charge in [-0.1, -0.05) is 6.92 Å². The molecule has 96 valence electrons. The van der Waals surface area contributed by atoms with Crippen molar-refractivity contribution >= 4 is 5.91 Å². The molecule has 1 aromatic rings. The number of nitrogens with zero attached hydrogens (tertiary/aromatic N) is 2. The zero-order chi connectivity index (χ0) is 12.9. The summed E-state index contributed by atoms with van der Waals surface area (Å²) < 4.78 is 1.46. The fourth-order valence-electron chi connectivity index (χ4n) is 2.64. The molecule has 2 atom stereocenters. The van der Waals surface area contributed by atoms with Gasteiger partial charge < -0.3 is 15.4 Å². The van der Waals surface area contributed by atoms with Crippen molar-refractivity contribution < 1.29 is 9.90 Å². The van der Waals surface area contributed by atoms with Crippen molar-refractivity contribution in [2.75, 3.05) is 12.0 Å². The maximum absolute atomic E-state index is 12.3. The van der Waals surface area contributed by atoms with Crippen LogP contribution in [0.25, 0.3) is 0 Å². The van der Waals surface area contributed by atoms with E-state index in [1.54, 1.807) is 4.90 Å². The van der Waals surface area contributed by atoms with E-state index < -0.39 is 11.2 Å². The predicted molar refractivity (Wildman–Crippen MR) is 65.0 cm³/mol. The van der Waals surface area contributed by atoms with Crippen molar-refractivity contribution in [2.24, 2.45) is 5.92 Å². The molecule has 1 amide bonds. The number of piperidine rings is 1. The average Bonchev–Trinajstić information content (AvgIpc) is 2.33. The van der Waals surface area contributed by atoms with Crippen molar-refractivity contribution in [3.05, 3.63) is 28.2 Å². The van der Waals surface area contributed by atoms with Gasteiger partial charge >= 0.3 is 0 Å². The molecule has 2 aliphatic rings. The van der Waals surface area contributed by atoms with E-state index in [0.717, 1.165) is 12.8 Å². The van der Waals surface area contributed by atoms with Crippen LogP contribution >= 0.6 is 0 Å². The minimum atomic E-state index is -0.528. The Bertz CT molecular complexity index is 566. The van der Waals surface area contributed by atoms with Gasteiger partial charge in [-0.15, -0.1) is 0 Å². The fourth-order valence-corrected chi connectivity index (χ4v) is 2.64. The number of hydrogen-bond acceptors (Lipinski definition) is 4. The molecular weight excluding hydrogens is 234 g/mol. The molecule has 0 aromatic carbocycles. The van der Waals surface area contributed by atoms with E-state index >= 15 is 0 Å². The number of fused-ring (bicyclic) bond motifs is 2. The molecule has 1 aromatic heterocycles. The highest BCUT2D eigenvalue weighted by Crippen LogP contribution is 2.28. The van der Waals surface area contributed by atoms with Crippen LogP contribution in [0.3, 0.4) is 0 Å². The van der Waals surface area contributed by atoms with E-state index in [1.165, 1.54) is 16.9 Å². The van der Waals surface area contributed by atoms with Crippen molar-refractivity contribution in [3.63, 3.8) is 0 Å². The van der Waals surface area contributed by atoms with Crippen LogP contribution in [0.4, 0.5) is 0 Å². The number of aromatic hydroxyl groups is 1.